The molecule has 0 aromatic rings. The smallest absolute Gasteiger partial charge is 0.208 e. The molecule has 0 bridgehead atoms. The van der Waals surface area contributed by atoms with Crippen LogP contribution in [0.25, 0.3) is 0 Å². The molecule has 0 amide bonds. The topological polar surface area (TPSA) is 92.3 Å². The molecule has 7 heteroatoms. The highest BCUT2D eigenvalue weighted by Gasteiger charge is 2.27. The summed E-state index contributed by atoms with van der Waals surface area (Å²) in [5.74, 6) is 6.18. The van der Waals surface area contributed by atoms with Crippen LogP contribution in [0.4, 0.5) is 0 Å². The van der Waals surface area contributed by atoms with E-state index >= 15 is 0 Å². The summed E-state index contributed by atoms with van der Waals surface area (Å²) in [6.45, 7) is 7.26. The van der Waals surface area contributed by atoms with Gasteiger partial charge in [-0.2, -0.15) is 0 Å². The Balaban J connectivity index is 2.48. The van der Waals surface area contributed by atoms with Crippen LogP contribution in [0.2, 0.25) is 0 Å². The lowest BCUT2D eigenvalue weighted by atomic mass is 10.2. The maximum absolute atomic E-state index is 9.16. The minimum absolute atomic E-state index is 0.00537. The van der Waals surface area contributed by atoms with Crippen molar-refractivity contribution in [2.75, 3.05) is 39.5 Å². The summed E-state index contributed by atoms with van der Waals surface area (Å²) in [4.78, 5) is 6.48. The average Bonchev–Trinajstić information content (AvgIpc) is 2.44. The summed E-state index contributed by atoms with van der Waals surface area (Å²) >= 11 is 0. The number of ether oxygens (including phenoxy) is 2. The Bertz CT molecular complexity index is 276. The van der Waals surface area contributed by atoms with Crippen LogP contribution >= 0.6 is 0 Å². The van der Waals surface area contributed by atoms with Gasteiger partial charge in [0.2, 0.25) is 5.96 Å². The van der Waals surface area contributed by atoms with Gasteiger partial charge in [-0.3, -0.25) is 10.4 Å². The molecule has 0 aromatic carbocycles. The van der Waals surface area contributed by atoms with E-state index < -0.39 is 0 Å². The molecular weight excluding hydrogens is 248 g/mol. The molecule has 1 saturated heterocycles. The van der Waals surface area contributed by atoms with Gasteiger partial charge in [-0.15, -0.1) is 0 Å². The summed E-state index contributed by atoms with van der Waals surface area (Å²) in [6.07, 6.45) is 0.680. The van der Waals surface area contributed by atoms with Crippen molar-refractivity contribution < 1.29 is 14.6 Å². The molecule has 2 atom stereocenters. The Morgan fingerprint density at radius 3 is 3.05 bits per heavy atom. The summed E-state index contributed by atoms with van der Waals surface area (Å²) in [5.41, 5.74) is 2.64. The van der Waals surface area contributed by atoms with Crippen LogP contribution in [0.5, 0.6) is 0 Å². The van der Waals surface area contributed by atoms with E-state index in [0.717, 1.165) is 13.0 Å². The van der Waals surface area contributed by atoms with Crippen molar-refractivity contribution in [3.63, 3.8) is 0 Å². The number of guanidine groups is 1. The number of nitrogens with two attached hydrogens (primary N) is 1. The first-order chi connectivity index (χ1) is 9.22. The molecule has 1 heterocycles. The highest BCUT2D eigenvalue weighted by atomic mass is 16.5. The van der Waals surface area contributed by atoms with Gasteiger partial charge in [-0.05, 0) is 20.3 Å². The van der Waals surface area contributed by atoms with Gasteiger partial charge in [-0.25, -0.2) is 5.84 Å². The van der Waals surface area contributed by atoms with Gasteiger partial charge in [0.1, 0.15) is 0 Å². The second kappa shape index (κ2) is 9.08. The van der Waals surface area contributed by atoms with Gasteiger partial charge in [0.15, 0.2) is 0 Å². The van der Waals surface area contributed by atoms with E-state index in [4.69, 9.17) is 20.4 Å². The van der Waals surface area contributed by atoms with Crippen molar-refractivity contribution in [1.29, 1.82) is 0 Å². The van der Waals surface area contributed by atoms with Gasteiger partial charge in [0, 0.05) is 26.3 Å². The number of morpholine rings is 1. The third kappa shape index (κ3) is 5.32. The van der Waals surface area contributed by atoms with Crippen molar-refractivity contribution in [3.05, 3.63) is 0 Å². The van der Waals surface area contributed by atoms with E-state index in [-0.39, 0.29) is 18.8 Å². The predicted molar refractivity (Wildman–Crippen MR) is 73.7 cm³/mol. The molecule has 1 fully saturated rings. The number of rotatable bonds is 6. The molecule has 112 valence electrons. The number of aliphatic imine (C=N–C) groups is 1. The molecule has 2 unspecified atom stereocenters. The zero-order valence-corrected chi connectivity index (χ0v) is 11.8. The average molecular weight is 274 g/mol. The number of aliphatic hydroxyl groups is 1. The molecule has 0 spiro atoms. The molecule has 1 aliphatic heterocycles. The number of hydrazine groups is 1. The number of nitrogens with zero attached hydrogens (tertiary/aromatic N) is 2. The third-order valence-corrected chi connectivity index (χ3v) is 3.02. The molecule has 0 aliphatic carbocycles. The first kappa shape index (κ1) is 16.2. The summed E-state index contributed by atoms with van der Waals surface area (Å²) in [5, 5.41) is 9.16. The zero-order valence-electron chi connectivity index (χ0n) is 11.8. The highest BCUT2D eigenvalue weighted by Crippen LogP contribution is 2.11. The van der Waals surface area contributed by atoms with Crippen molar-refractivity contribution >= 4 is 5.96 Å². The molecule has 0 aromatic heterocycles. The van der Waals surface area contributed by atoms with Crippen LogP contribution in [0, 0.1) is 0 Å². The zero-order chi connectivity index (χ0) is 14.1. The van der Waals surface area contributed by atoms with Crippen molar-refractivity contribution in [1.82, 2.24) is 10.3 Å². The number of hydrogen-bond donors (Lipinski definition) is 3. The summed E-state index contributed by atoms with van der Waals surface area (Å²) in [6, 6.07) is 0.185. The third-order valence-electron chi connectivity index (χ3n) is 3.02. The predicted octanol–water partition coefficient (Wildman–Crippen LogP) is -0.686. The van der Waals surface area contributed by atoms with Crippen LogP contribution in [-0.2, 0) is 9.47 Å². The van der Waals surface area contributed by atoms with Gasteiger partial charge in [-0.1, -0.05) is 0 Å². The minimum Gasteiger partial charge on any atom is -0.394 e. The van der Waals surface area contributed by atoms with Crippen molar-refractivity contribution in [2.45, 2.75) is 32.4 Å². The Morgan fingerprint density at radius 2 is 2.42 bits per heavy atom. The SMILES string of the molecule is CCOCCCN=C(NN)N1CC(CO)OCC1C. The van der Waals surface area contributed by atoms with Crippen LogP contribution in [0.15, 0.2) is 4.99 Å². The first-order valence-electron chi connectivity index (χ1n) is 6.80. The number of nitrogens with one attached hydrogen (secondary N) is 1. The molecule has 1 aliphatic rings. The van der Waals surface area contributed by atoms with Gasteiger partial charge in [0.25, 0.3) is 0 Å². The van der Waals surface area contributed by atoms with Crippen LogP contribution in [-0.4, -0.2) is 67.6 Å². The fraction of sp³-hybridized carbons (Fsp3) is 0.917. The van der Waals surface area contributed by atoms with E-state index in [1.54, 1.807) is 0 Å². The van der Waals surface area contributed by atoms with Gasteiger partial charge in [0.05, 0.1) is 25.4 Å². The van der Waals surface area contributed by atoms with Gasteiger partial charge >= 0.3 is 0 Å². The molecule has 1 rings (SSSR count). The molecule has 19 heavy (non-hydrogen) atoms. The van der Waals surface area contributed by atoms with Crippen LogP contribution in [0.1, 0.15) is 20.3 Å². The summed E-state index contributed by atoms with van der Waals surface area (Å²) in [7, 11) is 0. The van der Waals surface area contributed by atoms with E-state index in [1.807, 2.05) is 18.7 Å². The Labute approximate surface area is 114 Å². The molecule has 0 radical (unpaired) electrons. The molecular formula is C12H26N4O3. The molecule has 0 saturated carbocycles. The fourth-order valence-corrected chi connectivity index (χ4v) is 1.94. The highest BCUT2D eigenvalue weighted by molar-refractivity contribution is 5.79. The maximum atomic E-state index is 9.16. The second-order valence-electron chi connectivity index (χ2n) is 4.54. The lowest BCUT2D eigenvalue weighted by molar-refractivity contribution is -0.0570. The van der Waals surface area contributed by atoms with Crippen LogP contribution in [0.3, 0.4) is 0 Å². The monoisotopic (exact) mass is 274 g/mol. The fourth-order valence-electron chi connectivity index (χ4n) is 1.94. The standard InChI is InChI=1S/C12H26N4O3/c1-3-18-6-4-5-14-12(15-13)16-7-11(8-17)19-9-10(16)2/h10-11,17H,3-9,13H2,1-2H3,(H,14,15). The molecule has 7 nitrogen and oxygen atoms in total. The Kier molecular flexibility index (Phi) is 7.73. The lowest BCUT2D eigenvalue weighted by Gasteiger charge is -2.38. The molecule has 4 N–H and O–H groups in total. The van der Waals surface area contributed by atoms with E-state index in [2.05, 4.69) is 10.4 Å². The second-order valence-corrected chi connectivity index (χ2v) is 4.54. The number of hydrogen-bond acceptors (Lipinski definition) is 5. The van der Waals surface area contributed by atoms with E-state index in [9.17, 15) is 0 Å². The largest absolute Gasteiger partial charge is 0.394 e. The van der Waals surface area contributed by atoms with Crippen molar-refractivity contribution in [2.24, 2.45) is 10.8 Å². The maximum Gasteiger partial charge on any atom is 0.208 e. The summed E-state index contributed by atoms with van der Waals surface area (Å²) < 4.78 is 10.7. The first-order valence-corrected chi connectivity index (χ1v) is 6.80. The quantitative estimate of drug-likeness (QED) is 0.195. The van der Waals surface area contributed by atoms with Gasteiger partial charge < -0.3 is 19.5 Å². The normalized spacial score (nSPS) is 24.6. The van der Waals surface area contributed by atoms with Crippen LogP contribution < -0.4 is 11.3 Å². The lowest BCUT2D eigenvalue weighted by Crippen LogP contribution is -2.57. The van der Waals surface area contributed by atoms with Crippen molar-refractivity contribution in [3.8, 4) is 0 Å². The van der Waals surface area contributed by atoms with E-state index in [0.29, 0.717) is 32.3 Å². The number of aliphatic hydroxyl groups excluding tert-OH is 1. The van der Waals surface area contributed by atoms with E-state index in [1.165, 1.54) is 0 Å². The Hall–Kier alpha value is -0.890. The Morgan fingerprint density at radius 1 is 1.63 bits per heavy atom. The minimum atomic E-state index is -0.182.